The van der Waals surface area contributed by atoms with Crippen LogP contribution in [0.3, 0.4) is 0 Å². The molecule has 0 atom stereocenters. The minimum absolute atomic E-state index is 0.246. The van der Waals surface area contributed by atoms with Crippen LogP contribution in [0.5, 0.6) is 0 Å². The lowest BCUT2D eigenvalue weighted by molar-refractivity contribution is 1.27. The molecule has 0 saturated carbocycles. The van der Waals surface area contributed by atoms with Crippen molar-refractivity contribution < 1.29 is 0 Å². The van der Waals surface area contributed by atoms with Crippen molar-refractivity contribution in [1.29, 1.82) is 0 Å². The molecular weight excluding hydrogens is 1330 g/mol. The minimum Gasteiger partial charge on any atom is -0.115 e. The van der Waals surface area contributed by atoms with Gasteiger partial charge in [-0.2, -0.15) is 0 Å². The second-order valence-electron chi connectivity index (χ2n) is 32.1. The molecule has 0 radical (unpaired) electrons. The summed E-state index contributed by atoms with van der Waals surface area (Å²) in [5.74, 6) is 90.2. The Bertz CT molecular complexity index is 6620. The zero-order valence-corrected chi connectivity index (χ0v) is 73.3. The topological polar surface area (TPSA) is 0 Å². The maximum absolute atomic E-state index is 6.79. The van der Waals surface area contributed by atoms with Crippen LogP contribution in [0, 0.1) is 273 Å². The van der Waals surface area contributed by atoms with Crippen molar-refractivity contribution in [1.82, 2.24) is 0 Å². The Morgan fingerprint density at radius 1 is 0.316 bits per heavy atom. The summed E-state index contributed by atoms with van der Waals surface area (Å²) in [6.07, 6.45) is 26.6. The normalized spacial score (nSPS) is 9.41. The Morgan fingerprint density at radius 2 is 0.781 bits per heavy atom. The highest BCUT2D eigenvalue weighted by atomic mass is 14.3. The van der Waals surface area contributed by atoms with Gasteiger partial charge in [-0.25, -0.2) is 0 Å². The average Bonchev–Trinajstić information content (AvgIpc) is 0.693. The lowest BCUT2D eigenvalue weighted by Gasteiger charge is -2.41. The molecule has 29 heteroatoms. The second kappa shape index (κ2) is 39.0. The van der Waals surface area contributed by atoms with Crippen LogP contribution in [0.4, 0.5) is 0 Å². The Morgan fingerprint density at radius 3 is 1.26 bits per heavy atom. The predicted octanol–water partition coefficient (Wildman–Crippen LogP) is -10.4. The molecule has 0 aromatic heterocycles. The zero-order valence-electron chi connectivity index (χ0n) is 73.3. The van der Waals surface area contributed by atoms with Crippen LogP contribution in [0.2, 0.25) is 0 Å². The van der Waals surface area contributed by atoms with Crippen molar-refractivity contribution >= 4 is 296 Å². The Labute approximate surface area is 706 Å². The largest absolute Gasteiger partial charge is 0.139 e. The molecule has 114 heavy (non-hydrogen) atoms. The summed E-state index contributed by atoms with van der Waals surface area (Å²) < 4.78 is 0. The molecule has 8 rings (SSSR count). The standard InChI is InChI=1S/C85H79B29/c1-18-25-30-33-34-35-37-41-47-65-69-55(14)60(24-7)62(42-23-6)64(44-29-22-5)78(69)76-63(46-38-28-21-4)61(45-40-32-27-20-3)59(43-39-36-31-26-19-2)48-66(76)77(65)71-54(13)50(9)52(11)68-56(15)72-67(57(16)73(68)71)51(10)49(8)53(12)70(72)74-58(17)75-79(80(86)81(74)102-87)83(108(113(99)100)114(101)104-89)85(107(111(95)96)112(97)98)84(106(103-88)110(93)94)82(75)105(90)109(91)92/h1,3,5,7,48,102-104H,86-101H2,2,4,6,8-17H3. The van der Waals surface area contributed by atoms with E-state index in [1.165, 1.54) is 77.0 Å². The summed E-state index contributed by atoms with van der Waals surface area (Å²) in [4.78, 5) is 0. The molecule has 8 aromatic rings. The first-order chi connectivity index (χ1) is 54.4. The molecule has 0 aliphatic carbocycles. The summed E-state index contributed by atoms with van der Waals surface area (Å²) in [5.41, 5.74) is 28.8. The summed E-state index contributed by atoms with van der Waals surface area (Å²) >= 11 is 0. The van der Waals surface area contributed by atoms with Crippen molar-refractivity contribution in [3.63, 3.8) is 0 Å². The van der Waals surface area contributed by atoms with Crippen LogP contribution in [0.25, 0.3) is 76.1 Å². The van der Waals surface area contributed by atoms with E-state index in [4.69, 9.17) is 25.7 Å². The molecule has 0 spiro atoms. The van der Waals surface area contributed by atoms with Crippen LogP contribution in [0.1, 0.15) is 115 Å². The van der Waals surface area contributed by atoms with Crippen LogP contribution < -0.4 is 32.8 Å². The van der Waals surface area contributed by atoms with Gasteiger partial charge in [-0.05, 0) is 325 Å². The Hall–Kier alpha value is -10.5. The SMILES string of the molecule is BBB(B)B(B(B)B)c1c(B(B(B)B)B(B)B)c(B(BB)B(B)B)c(B(B)B(B)B)c2c(C)c(-c3c(C)c(C)c(C)c4c(C)c5c(-c6c(C#CC#CC#CC#CC#C)c7c(C)c(C#C)c(C#CC)c(C#CC#C)c7c7c(C#CC#CC)c(C#CC#CC#C)c(C#CC#CC#CC)cc67)c(C)c(C)c(C)c5c(C)c34)c(BB)c(B)c12. The van der Waals surface area contributed by atoms with E-state index in [0.717, 1.165) is 65.4 Å². The molecule has 0 saturated heterocycles. The first-order valence-electron chi connectivity index (χ1n) is 40.4. The van der Waals surface area contributed by atoms with Gasteiger partial charge in [-0.1, -0.05) is 75.1 Å². The fraction of sp³-hybridized carbons (Fsp3) is 0.153. The molecule has 0 aliphatic heterocycles. The molecule has 0 fully saturated rings. The van der Waals surface area contributed by atoms with E-state index >= 15 is 0 Å². The molecule has 0 unspecified atom stereocenters. The van der Waals surface area contributed by atoms with E-state index in [1.807, 2.05) is 6.92 Å². The third-order valence-corrected chi connectivity index (χ3v) is 24.4. The highest BCUT2D eigenvalue weighted by molar-refractivity contribution is 7.89. The predicted molar refractivity (Wildman–Crippen MR) is 573 cm³/mol. The molecule has 0 N–H and O–H groups in total. The number of hydrogen-bond acceptors (Lipinski definition) is 0. The summed E-state index contributed by atoms with van der Waals surface area (Å²) in [7, 11) is 42.8. The van der Waals surface area contributed by atoms with E-state index in [2.05, 4.69) is 370 Å². The molecule has 0 bridgehead atoms. The fourth-order valence-corrected chi connectivity index (χ4v) is 18.9. The van der Waals surface area contributed by atoms with Gasteiger partial charge in [0.05, 0.1) is 171 Å². The number of fused-ring (bicyclic) bond motifs is 6. The maximum atomic E-state index is 6.79. The van der Waals surface area contributed by atoms with Gasteiger partial charge >= 0.3 is 0 Å². The smallest absolute Gasteiger partial charge is 0.115 e. The van der Waals surface area contributed by atoms with Crippen molar-refractivity contribution in [3.8, 4) is 226 Å². The van der Waals surface area contributed by atoms with Crippen molar-refractivity contribution in [2.45, 2.75) is 90.0 Å². The van der Waals surface area contributed by atoms with Gasteiger partial charge in [-0.15, -0.1) is 42.5 Å². The van der Waals surface area contributed by atoms with Gasteiger partial charge in [0.25, 0.3) is 0 Å². The third-order valence-electron chi connectivity index (χ3n) is 24.4. The van der Waals surface area contributed by atoms with E-state index < -0.39 is 0 Å². The summed E-state index contributed by atoms with van der Waals surface area (Å²) in [6.45, 7) is 29.7. The Balaban J connectivity index is 1.89. The quantitative estimate of drug-likeness (QED) is 0.0415. The summed E-state index contributed by atoms with van der Waals surface area (Å²) in [5, 5.41) is 10.4. The first kappa shape index (κ1) is 89.0. The van der Waals surface area contributed by atoms with Gasteiger partial charge in [-0.3, -0.25) is 0 Å². The Kier molecular flexibility index (Phi) is 30.5. The number of aryl methyl sites for hydroxylation is 6. The molecule has 0 aliphatic rings. The zero-order chi connectivity index (χ0) is 84.2. The van der Waals surface area contributed by atoms with Gasteiger partial charge in [0, 0.05) is 83.8 Å². The molecule has 0 nitrogen and oxygen atoms in total. The number of terminal acetylenes is 4. The van der Waals surface area contributed by atoms with Gasteiger partial charge in [0.15, 0.2) is 0 Å². The van der Waals surface area contributed by atoms with Crippen molar-refractivity contribution in [2.75, 3.05) is 0 Å². The molecule has 0 heterocycles. The van der Waals surface area contributed by atoms with Gasteiger partial charge in [0.1, 0.15) is 15.0 Å². The first-order valence-corrected chi connectivity index (χ1v) is 40.4. The third kappa shape index (κ3) is 16.6. The number of rotatable bonds is 15. The van der Waals surface area contributed by atoms with E-state index in [0.29, 0.717) is 118 Å². The van der Waals surface area contributed by atoms with Crippen LogP contribution in [0.15, 0.2) is 6.07 Å². The fourth-order valence-electron chi connectivity index (χ4n) is 18.9. The highest BCUT2D eigenvalue weighted by Crippen LogP contribution is 2.53. The maximum Gasteiger partial charge on any atom is 0.139 e. The van der Waals surface area contributed by atoms with E-state index in [-0.39, 0.29) is 6.49 Å². The summed E-state index contributed by atoms with van der Waals surface area (Å²) in [6, 6.07) is 2.08. The second-order valence-corrected chi connectivity index (χ2v) is 32.1. The van der Waals surface area contributed by atoms with Crippen molar-refractivity contribution in [3.05, 3.63) is 101 Å². The van der Waals surface area contributed by atoms with E-state index in [9.17, 15) is 0 Å². The van der Waals surface area contributed by atoms with Crippen LogP contribution >= 0.6 is 0 Å². The number of hydrogen-bond donors (Lipinski definition) is 0. The average molecular weight is 1410 g/mol. The van der Waals surface area contributed by atoms with Crippen LogP contribution in [-0.2, 0) is 0 Å². The molecule has 506 valence electrons. The molecule has 8 aromatic carbocycles. The minimum atomic E-state index is 0.246. The van der Waals surface area contributed by atoms with Crippen LogP contribution in [-0.4, -0.2) is 209 Å². The van der Waals surface area contributed by atoms with Gasteiger partial charge < -0.3 is 0 Å². The van der Waals surface area contributed by atoms with Crippen molar-refractivity contribution in [2.24, 2.45) is 0 Å². The van der Waals surface area contributed by atoms with E-state index in [1.54, 1.807) is 42.6 Å². The van der Waals surface area contributed by atoms with Gasteiger partial charge in [0.2, 0.25) is 0 Å². The molecule has 0 amide bonds. The lowest BCUT2D eigenvalue weighted by atomic mass is 8.66. The monoisotopic (exact) mass is 1420 g/mol. The highest BCUT2D eigenvalue weighted by Gasteiger charge is 2.43. The molecular formula is C85H79B29. The lowest BCUT2D eigenvalue weighted by Crippen LogP contribution is -2.80. The number of benzene rings is 8.